The lowest BCUT2D eigenvalue weighted by Crippen LogP contribution is -2.55. The van der Waals surface area contributed by atoms with Crippen LogP contribution in [0.2, 0.25) is 0 Å². The Bertz CT molecular complexity index is 1760. The fraction of sp³-hybridized carbons (Fsp3) is 0.513. The molecule has 2 unspecified atom stereocenters. The van der Waals surface area contributed by atoms with Crippen molar-refractivity contribution in [2.75, 3.05) is 37.8 Å². The van der Waals surface area contributed by atoms with Gasteiger partial charge in [-0.15, -0.1) is 0 Å². The Labute approximate surface area is 363 Å². The van der Waals surface area contributed by atoms with E-state index >= 15 is 0 Å². The second-order valence-corrected chi connectivity index (χ2v) is 18.3. The summed E-state index contributed by atoms with van der Waals surface area (Å²) in [7, 11) is 0. The molecule has 0 radical (unpaired) electrons. The van der Waals surface area contributed by atoms with Gasteiger partial charge in [-0.05, 0) is 105 Å². The normalized spacial score (nSPS) is 21.6. The summed E-state index contributed by atoms with van der Waals surface area (Å²) in [6.07, 6.45) is 0.290. The lowest BCUT2D eigenvalue weighted by atomic mass is 9.78. The van der Waals surface area contributed by atoms with Crippen LogP contribution in [-0.2, 0) is 33.5 Å². The van der Waals surface area contributed by atoms with Crippen molar-refractivity contribution in [3.8, 4) is 0 Å². The third-order valence-electron chi connectivity index (χ3n) is 9.33. The van der Waals surface area contributed by atoms with Crippen LogP contribution in [0.15, 0.2) is 57.5 Å². The largest absolute Gasteiger partial charge is 0.443 e. The van der Waals surface area contributed by atoms with E-state index in [-0.39, 0.29) is 83.1 Å². The van der Waals surface area contributed by atoms with E-state index in [1.165, 1.54) is 3.57 Å². The van der Waals surface area contributed by atoms with Gasteiger partial charge in [0.15, 0.2) is 0 Å². The molecule has 6 rings (SSSR count). The molecule has 2 atom stereocenters. The number of amides is 7. The highest BCUT2D eigenvalue weighted by Gasteiger charge is 2.54. The highest BCUT2D eigenvalue weighted by molar-refractivity contribution is 14.1. The number of nitrogens with one attached hydrogen (secondary N) is 2. The Morgan fingerprint density at radius 3 is 1.75 bits per heavy atom. The minimum Gasteiger partial charge on any atom is -0.443 e. The summed E-state index contributed by atoms with van der Waals surface area (Å²) in [5, 5.41) is 30.3. The summed E-state index contributed by atoms with van der Waals surface area (Å²) in [5.74, 6) is -2.10. The van der Waals surface area contributed by atoms with E-state index in [9.17, 15) is 33.6 Å². The molecule has 5 N–H and O–H groups in total. The van der Waals surface area contributed by atoms with Crippen LogP contribution in [0.4, 0.5) is 10.5 Å². The molecule has 2 aromatic carbocycles. The van der Waals surface area contributed by atoms with E-state index in [1.54, 1.807) is 32.6 Å². The van der Waals surface area contributed by atoms with Crippen molar-refractivity contribution in [1.29, 1.82) is 0 Å². The summed E-state index contributed by atoms with van der Waals surface area (Å²) in [5.41, 5.74) is -2.47. The molecule has 314 valence electrons. The Morgan fingerprint density at radius 1 is 0.789 bits per heavy atom. The number of benzene rings is 2. The Hall–Kier alpha value is -3.30. The molecule has 2 spiro atoms. The first-order valence-electron chi connectivity index (χ1n) is 17.6. The molecule has 15 nitrogen and oxygen atoms in total. The molecular weight excluding hydrogens is 987 g/mol. The first-order valence-corrected chi connectivity index (χ1v) is 20.3. The van der Waals surface area contributed by atoms with Gasteiger partial charge in [0.25, 0.3) is 0 Å². The van der Waals surface area contributed by atoms with Crippen molar-refractivity contribution >= 4 is 102 Å². The third-order valence-corrected chi connectivity index (χ3v) is 11.1. The summed E-state index contributed by atoms with van der Waals surface area (Å²) in [4.78, 5) is 85.4. The molecule has 7 amide bonds. The number of hydrogen-bond acceptors (Lipinski definition) is 11. The number of ether oxygens (including phenoxy) is 1. The molecular formula is C39H51Br2IN4O11. The van der Waals surface area contributed by atoms with E-state index in [0.29, 0.717) is 24.3 Å². The SMILES string of the molecule is Brc1ccc(I)cc1.C.CC(C)(C)OC(=O)N1C(=O)CCC2(CNC(=O)C2)C1=O.CC(CO)(CO)CO.O=C1CCC2(CC(=O)N(c3ccc(Br)cc3)C2)C(=O)N1. The van der Waals surface area contributed by atoms with E-state index in [2.05, 4.69) is 77.2 Å². The number of carbonyl (C=O) groups excluding carboxylic acids is 7. The number of piperidine rings is 2. The monoisotopic (exact) mass is 1040 g/mol. The summed E-state index contributed by atoms with van der Waals surface area (Å²) >= 11 is 8.97. The highest BCUT2D eigenvalue weighted by atomic mass is 127. The van der Waals surface area contributed by atoms with E-state index in [1.807, 2.05) is 36.4 Å². The van der Waals surface area contributed by atoms with Gasteiger partial charge in [0.2, 0.25) is 35.4 Å². The van der Waals surface area contributed by atoms with Crippen LogP contribution in [-0.4, -0.2) is 100 Å². The lowest BCUT2D eigenvalue weighted by Gasteiger charge is -2.36. The van der Waals surface area contributed by atoms with Crippen LogP contribution in [0.25, 0.3) is 0 Å². The Morgan fingerprint density at radius 2 is 1.32 bits per heavy atom. The molecule has 4 heterocycles. The molecule has 4 aliphatic heterocycles. The van der Waals surface area contributed by atoms with Crippen molar-refractivity contribution in [3.05, 3.63) is 61.0 Å². The summed E-state index contributed by atoms with van der Waals surface area (Å²) in [6, 6.07) is 15.6. The molecule has 57 heavy (non-hydrogen) atoms. The maximum absolute atomic E-state index is 12.4. The molecule has 4 fully saturated rings. The Kier molecular flexibility index (Phi) is 18.5. The van der Waals surface area contributed by atoms with E-state index in [0.717, 1.165) is 14.6 Å². The minimum absolute atomic E-state index is 0. The van der Waals surface area contributed by atoms with Crippen LogP contribution in [0, 0.1) is 19.8 Å². The van der Waals surface area contributed by atoms with Gasteiger partial charge in [0.1, 0.15) is 5.60 Å². The molecule has 18 heteroatoms. The number of aliphatic hydroxyl groups excluding tert-OH is 3. The van der Waals surface area contributed by atoms with Crippen LogP contribution >= 0.6 is 54.5 Å². The number of carbonyl (C=O) groups is 7. The van der Waals surface area contributed by atoms with Gasteiger partial charge in [-0.1, -0.05) is 46.2 Å². The van der Waals surface area contributed by atoms with Crippen LogP contribution in [0.3, 0.4) is 0 Å². The quantitative estimate of drug-likeness (QED) is 0.206. The first kappa shape index (κ1) is 49.8. The van der Waals surface area contributed by atoms with Gasteiger partial charge in [-0.25, -0.2) is 4.79 Å². The standard InChI is InChI=1S/C14H13BrN2O3.C13H18N2O5.C6H4BrI.C5H12O3.CH4/c15-9-1-3-10(4-2-9)17-8-14(7-12(17)19)6-5-11(18)16-13(14)20;1-12(2,3)20-11(19)15-9(17)4-5-13(10(15)18)6-8(16)14-7-13;7-5-1-3-6(8)4-2-5;1-5(2-6,3-7)4-8;/h1-4H,5-8H2,(H,16,18,20);4-7H2,1-3H3,(H,14,16);1-4H;6-8H,2-4H2,1H3;1H4. The summed E-state index contributed by atoms with van der Waals surface area (Å²) in [6.45, 7) is 6.53. The molecule has 2 aromatic rings. The topological polar surface area (TPSA) is 220 Å². The number of halogens is 3. The van der Waals surface area contributed by atoms with Crippen molar-refractivity contribution in [1.82, 2.24) is 15.5 Å². The lowest BCUT2D eigenvalue weighted by molar-refractivity contribution is -0.155. The van der Waals surface area contributed by atoms with Gasteiger partial charge in [-0.2, -0.15) is 4.90 Å². The molecule has 0 bridgehead atoms. The van der Waals surface area contributed by atoms with Crippen LogP contribution in [0.5, 0.6) is 0 Å². The number of anilines is 1. The smallest absolute Gasteiger partial charge is 0.424 e. The highest BCUT2D eigenvalue weighted by Crippen LogP contribution is 2.41. The summed E-state index contributed by atoms with van der Waals surface area (Å²) < 4.78 is 8.43. The predicted octanol–water partition coefficient (Wildman–Crippen LogP) is 4.85. The maximum Gasteiger partial charge on any atom is 0.424 e. The molecule has 0 aromatic heterocycles. The van der Waals surface area contributed by atoms with Crippen molar-refractivity contribution in [2.24, 2.45) is 16.2 Å². The fourth-order valence-corrected chi connectivity index (χ4v) is 6.70. The number of nitrogens with zero attached hydrogens (tertiary/aromatic N) is 2. The minimum atomic E-state index is -0.984. The molecule has 0 saturated carbocycles. The Balaban J connectivity index is 0.000000284. The van der Waals surface area contributed by atoms with Crippen molar-refractivity contribution in [3.63, 3.8) is 0 Å². The third kappa shape index (κ3) is 13.6. The zero-order chi connectivity index (χ0) is 42.1. The zero-order valence-corrected chi connectivity index (χ0v) is 36.9. The molecule has 4 aliphatic rings. The second-order valence-electron chi connectivity index (χ2n) is 15.3. The van der Waals surface area contributed by atoms with E-state index in [4.69, 9.17) is 20.1 Å². The number of imide groups is 4. The van der Waals surface area contributed by atoms with Gasteiger partial charge in [0, 0.05) is 62.4 Å². The van der Waals surface area contributed by atoms with Gasteiger partial charge < -0.3 is 30.3 Å². The first-order chi connectivity index (χ1) is 26.1. The number of likely N-dealkylation sites (tertiary alicyclic amines) is 1. The number of rotatable bonds is 4. The second kappa shape index (κ2) is 21.1. The van der Waals surface area contributed by atoms with Crippen LogP contribution in [0.1, 0.15) is 73.6 Å². The molecule has 0 aliphatic carbocycles. The van der Waals surface area contributed by atoms with E-state index < -0.39 is 39.8 Å². The maximum atomic E-state index is 12.4. The van der Waals surface area contributed by atoms with Gasteiger partial charge >= 0.3 is 6.09 Å². The van der Waals surface area contributed by atoms with Crippen LogP contribution < -0.4 is 15.5 Å². The predicted molar refractivity (Wildman–Crippen MR) is 226 cm³/mol. The number of hydrogen-bond donors (Lipinski definition) is 5. The average molecular weight is 1040 g/mol. The molecule has 4 saturated heterocycles. The van der Waals surface area contributed by atoms with Gasteiger partial charge in [0.05, 0.1) is 30.7 Å². The van der Waals surface area contributed by atoms with Crippen molar-refractivity contribution in [2.45, 2.75) is 79.2 Å². The van der Waals surface area contributed by atoms with Gasteiger partial charge in [-0.3, -0.25) is 34.1 Å². The van der Waals surface area contributed by atoms with Crippen molar-refractivity contribution < 1.29 is 53.6 Å². The average Bonchev–Trinajstić information content (AvgIpc) is 3.70. The number of aliphatic hydroxyl groups is 3. The fourth-order valence-electron chi connectivity index (χ4n) is 5.81. The zero-order valence-electron chi connectivity index (χ0n) is 31.5.